The molecule has 1 aliphatic rings. The second kappa shape index (κ2) is 15.3. The van der Waals surface area contributed by atoms with Gasteiger partial charge in [-0.05, 0) is 71.4 Å². The summed E-state index contributed by atoms with van der Waals surface area (Å²) in [6.45, 7) is 13.3. The standard InChI is InChI=1S/C53H44N5O.Pd/c1-52(2,3)39-31-42(56-30-29-55(36-56)40-19-11-7-12-20-40)34-44(32-39)59-43-25-26-46-48(35-43)58(49-33-38(27-28-54-49)53(4,5)37-17-9-6-10-18-37)51-45-23-15-16-24-47(45)57(50(46)51)41-21-13-8-14-22-41;/h6-33,36H,1-5H3;/q-3;. The van der Waals surface area contributed by atoms with Gasteiger partial charge in [-0.25, -0.2) is 4.98 Å². The van der Waals surface area contributed by atoms with Gasteiger partial charge in [0.2, 0.25) is 0 Å². The van der Waals surface area contributed by atoms with E-state index < -0.39 is 0 Å². The van der Waals surface area contributed by atoms with Crippen LogP contribution in [0.4, 0.5) is 11.4 Å². The van der Waals surface area contributed by atoms with Crippen molar-refractivity contribution in [2.45, 2.75) is 45.4 Å². The molecule has 9 aromatic rings. The molecule has 60 heavy (non-hydrogen) atoms. The van der Waals surface area contributed by atoms with E-state index in [4.69, 9.17) is 9.72 Å². The first-order chi connectivity index (χ1) is 28.6. The number of pyridine rings is 1. The smallest absolute Gasteiger partial charge is 0.135 e. The summed E-state index contributed by atoms with van der Waals surface area (Å²) in [6.07, 6.45) is 6.04. The third kappa shape index (κ3) is 6.88. The molecule has 0 saturated carbocycles. The Hall–Kier alpha value is -6.39. The molecule has 4 heterocycles. The van der Waals surface area contributed by atoms with Crippen molar-refractivity contribution in [3.8, 4) is 23.0 Å². The molecule has 6 nitrogen and oxygen atoms in total. The van der Waals surface area contributed by atoms with E-state index in [0.29, 0.717) is 11.5 Å². The summed E-state index contributed by atoms with van der Waals surface area (Å²) in [6, 6.07) is 60.4. The van der Waals surface area contributed by atoms with Crippen molar-refractivity contribution in [3.05, 3.63) is 206 Å². The Morgan fingerprint density at radius 1 is 0.550 bits per heavy atom. The molecule has 0 saturated heterocycles. The van der Waals surface area contributed by atoms with Crippen LogP contribution in [-0.2, 0) is 31.3 Å². The van der Waals surface area contributed by atoms with Gasteiger partial charge < -0.3 is 23.7 Å². The van der Waals surface area contributed by atoms with Gasteiger partial charge in [-0.1, -0.05) is 130 Å². The molecule has 1 aliphatic heterocycles. The summed E-state index contributed by atoms with van der Waals surface area (Å²) in [4.78, 5) is 9.27. The van der Waals surface area contributed by atoms with E-state index in [0.717, 1.165) is 61.3 Å². The van der Waals surface area contributed by atoms with Crippen LogP contribution in [0.1, 0.15) is 51.3 Å². The van der Waals surface area contributed by atoms with Gasteiger partial charge in [-0.15, -0.1) is 48.3 Å². The summed E-state index contributed by atoms with van der Waals surface area (Å²) < 4.78 is 11.4. The van der Waals surface area contributed by atoms with Gasteiger partial charge in [0.1, 0.15) is 5.82 Å². The second-order valence-electron chi connectivity index (χ2n) is 16.7. The Morgan fingerprint density at radius 2 is 1.20 bits per heavy atom. The summed E-state index contributed by atoms with van der Waals surface area (Å²) in [7, 11) is 0. The molecule has 0 amide bonds. The van der Waals surface area contributed by atoms with Crippen molar-refractivity contribution >= 4 is 44.2 Å². The van der Waals surface area contributed by atoms with Crippen LogP contribution in [0, 0.1) is 18.8 Å². The van der Waals surface area contributed by atoms with Crippen molar-refractivity contribution in [1.82, 2.24) is 14.1 Å². The largest absolute Gasteiger partial charge is 0.509 e. The predicted octanol–water partition coefficient (Wildman–Crippen LogP) is 13.1. The second-order valence-corrected chi connectivity index (χ2v) is 16.7. The van der Waals surface area contributed by atoms with Crippen LogP contribution in [0.3, 0.4) is 0 Å². The Labute approximate surface area is 365 Å². The zero-order valence-electron chi connectivity index (χ0n) is 34.2. The molecule has 300 valence electrons. The van der Waals surface area contributed by atoms with Gasteiger partial charge in [-0.2, -0.15) is 6.07 Å². The van der Waals surface area contributed by atoms with Gasteiger partial charge in [0.15, 0.2) is 0 Å². The van der Waals surface area contributed by atoms with Gasteiger partial charge in [0.05, 0.1) is 11.0 Å². The normalized spacial score (nSPS) is 13.1. The van der Waals surface area contributed by atoms with E-state index in [9.17, 15) is 0 Å². The summed E-state index contributed by atoms with van der Waals surface area (Å²) >= 11 is 0. The summed E-state index contributed by atoms with van der Waals surface area (Å²) in [5.41, 5.74) is 10.4. The third-order valence-electron chi connectivity index (χ3n) is 11.5. The zero-order valence-corrected chi connectivity index (χ0v) is 35.8. The van der Waals surface area contributed by atoms with Crippen LogP contribution in [0.15, 0.2) is 170 Å². The number of benzene rings is 6. The van der Waals surface area contributed by atoms with Crippen LogP contribution in [0.2, 0.25) is 0 Å². The molecule has 0 fully saturated rings. The van der Waals surface area contributed by atoms with Crippen LogP contribution >= 0.6 is 0 Å². The van der Waals surface area contributed by atoms with E-state index in [-0.39, 0.29) is 31.3 Å². The van der Waals surface area contributed by atoms with E-state index in [2.05, 4.69) is 212 Å². The molecule has 0 atom stereocenters. The van der Waals surface area contributed by atoms with Crippen molar-refractivity contribution in [2.24, 2.45) is 0 Å². The topological polar surface area (TPSA) is 38.5 Å². The summed E-state index contributed by atoms with van der Waals surface area (Å²) in [5, 5.41) is 2.18. The molecule has 0 unspecified atom stereocenters. The molecule has 0 radical (unpaired) electrons. The van der Waals surface area contributed by atoms with Gasteiger partial charge in [0, 0.05) is 65.8 Å². The number of anilines is 2. The van der Waals surface area contributed by atoms with Gasteiger partial charge in [0.25, 0.3) is 0 Å². The fourth-order valence-corrected chi connectivity index (χ4v) is 8.25. The number of rotatable bonds is 8. The minimum Gasteiger partial charge on any atom is -0.509 e. The number of hydrogen-bond acceptors (Lipinski definition) is 4. The number of fused-ring (bicyclic) bond motifs is 5. The fraction of sp³-hybridized carbons (Fsp3) is 0.132. The monoisotopic (exact) mass is 872 g/mol. The number of para-hydroxylation sites is 3. The molecular formula is C53H44N5OPd-3. The Kier molecular flexibility index (Phi) is 9.99. The van der Waals surface area contributed by atoms with Crippen molar-refractivity contribution in [1.29, 1.82) is 0 Å². The average molecular weight is 873 g/mol. The molecule has 6 aromatic carbocycles. The Bertz CT molecular complexity index is 3020. The quantitative estimate of drug-likeness (QED) is 0.113. The minimum absolute atomic E-state index is 0. The fourth-order valence-electron chi connectivity index (χ4n) is 8.25. The minimum atomic E-state index is -0.261. The average Bonchev–Trinajstić information content (AvgIpc) is 3.97. The van der Waals surface area contributed by atoms with E-state index in [1.165, 1.54) is 11.1 Å². The number of ether oxygens (including phenoxy) is 1. The van der Waals surface area contributed by atoms with Crippen LogP contribution in [-0.4, -0.2) is 14.1 Å². The maximum absolute atomic E-state index is 6.81. The van der Waals surface area contributed by atoms with Crippen LogP contribution in [0.5, 0.6) is 11.5 Å². The molecule has 0 spiro atoms. The maximum atomic E-state index is 6.81. The van der Waals surface area contributed by atoms with Gasteiger partial charge >= 0.3 is 0 Å². The first-order valence-electron chi connectivity index (χ1n) is 20.1. The van der Waals surface area contributed by atoms with Crippen molar-refractivity contribution < 1.29 is 25.2 Å². The molecule has 10 rings (SSSR count). The third-order valence-corrected chi connectivity index (χ3v) is 11.5. The predicted molar refractivity (Wildman–Crippen MR) is 242 cm³/mol. The maximum Gasteiger partial charge on any atom is 0.135 e. The van der Waals surface area contributed by atoms with E-state index in [1.807, 2.05) is 30.5 Å². The number of nitrogens with zero attached hydrogens (tertiary/aromatic N) is 5. The Balaban J connectivity index is 0.00000462. The first kappa shape index (κ1) is 39.1. The van der Waals surface area contributed by atoms with E-state index in [1.54, 1.807) is 0 Å². The molecular weight excluding hydrogens is 829 g/mol. The van der Waals surface area contributed by atoms with Crippen molar-refractivity contribution in [2.75, 3.05) is 9.80 Å². The van der Waals surface area contributed by atoms with E-state index >= 15 is 0 Å². The first-order valence-corrected chi connectivity index (χ1v) is 20.1. The van der Waals surface area contributed by atoms with Crippen molar-refractivity contribution in [3.63, 3.8) is 0 Å². The molecule has 0 bridgehead atoms. The van der Waals surface area contributed by atoms with Crippen LogP contribution < -0.4 is 14.5 Å². The number of aromatic nitrogens is 3. The SMILES string of the molecule is CC(C)(C)c1cc(Oc2[c-]c3c(cc2)c2c(c4ccccc4n2-c2ccccc2)n3-c2cc(C(C)(C)c3ccccc3)ccn2)[c-]c(N2C=CN(c3ccccc3)[CH-]2)c1.[Pd]. The van der Waals surface area contributed by atoms with Gasteiger partial charge in [-0.3, -0.25) is 0 Å². The summed E-state index contributed by atoms with van der Waals surface area (Å²) in [5.74, 6) is 2.03. The zero-order chi connectivity index (χ0) is 40.3. The number of hydrogen-bond donors (Lipinski definition) is 0. The molecule has 0 N–H and O–H groups in total. The molecule has 7 heteroatoms. The molecule has 3 aromatic heterocycles. The molecule has 0 aliphatic carbocycles. The Morgan fingerprint density at radius 3 is 1.93 bits per heavy atom. The van der Waals surface area contributed by atoms with Crippen LogP contribution in [0.25, 0.3) is 44.3 Å².